The van der Waals surface area contributed by atoms with Gasteiger partial charge in [0.2, 0.25) is 0 Å². The van der Waals surface area contributed by atoms with Gasteiger partial charge in [-0.15, -0.1) is 0 Å². The fraction of sp³-hybridized carbons (Fsp3) is 0. The number of carboxylic acid groups (broad SMARTS) is 1. The summed E-state index contributed by atoms with van der Waals surface area (Å²) in [4.78, 5) is 14.6. The van der Waals surface area contributed by atoms with Gasteiger partial charge in [0.1, 0.15) is 0 Å². The van der Waals surface area contributed by atoms with Crippen molar-refractivity contribution in [3.05, 3.63) is 46.7 Å². The lowest BCUT2D eigenvalue weighted by Crippen LogP contribution is -2.05. The Morgan fingerprint density at radius 1 is 1.24 bits per heavy atom. The lowest BCUT2D eigenvalue weighted by molar-refractivity contribution is 0.0692. The number of hydrogen-bond acceptors (Lipinski definition) is 3. The van der Waals surface area contributed by atoms with E-state index < -0.39 is 5.97 Å². The number of carboxylic acids is 1. The SMILES string of the molecule is Nc1cc(-c2ccc(Br)cc2)cnc1C(=O)O. The van der Waals surface area contributed by atoms with Crippen LogP contribution in [0.2, 0.25) is 0 Å². The summed E-state index contributed by atoms with van der Waals surface area (Å²) in [5.41, 5.74) is 7.41. The number of hydrogen-bond donors (Lipinski definition) is 2. The van der Waals surface area contributed by atoms with Crippen LogP contribution in [0.5, 0.6) is 0 Å². The van der Waals surface area contributed by atoms with Gasteiger partial charge in [0.15, 0.2) is 5.69 Å². The smallest absolute Gasteiger partial charge is 0.356 e. The molecule has 4 nitrogen and oxygen atoms in total. The van der Waals surface area contributed by atoms with E-state index in [1.807, 2.05) is 24.3 Å². The van der Waals surface area contributed by atoms with Gasteiger partial charge in [-0.1, -0.05) is 28.1 Å². The number of nitrogens with zero attached hydrogens (tertiary/aromatic N) is 1. The molecule has 0 unspecified atom stereocenters. The van der Waals surface area contributed by atoms with E-state index in [-0.39, 0.29) is 11.4 Å². The van der Waals surface area contributed by atoms with Crippen molar-refractivity contribution < 1.29 is 9.90 Å². The number of benzene rings is 1. The lowest BCUT2D eigenvalue weighted by atomic mass is 10.1. The number of halogens is 1. The molecular formula is C12H9BrN2O2. The minimum absolute atomic E-state index is 0.120. The maximum Gasteiger partial charge on any atom is 0.356 e. The lowest BCUT2D eigenvalue weighted by Gasteiger charge is -2.04. The fourth-order valence-electron chi connectivity index (χ4n) is 1.46. The zero-order valence-corrected chi connectivity index (χ0v) is 10.3. The maximum atomic E-state index is 10.8. The summed E-state index contributed by atoms with van der Waals surface area (Å²) in [6, 6.07) is 9.22. The Morgan fingerprint density at radius 3 is 2.41 bits per heavy atom. The molecule has 1 aromatic heterocycles. The van der Waals surface area contributed by atoms with Gasteiger partial charge in [0.05, 0.1) is 5.69 Å². The van der Waals surface area contributed by atoms with E-state index in [1.165, 1.54) is 6.20 Å². The zero-order valence-electron chi connectivity index (χ0n) is 8.72. The molecule has 0 amide bonds. The first kappa shape index (κ1) is 11.6. The number of anilines is 1. The molecular weight excluding hydrogens is 284 g/mol. The van der Waals surface area contributed by atoms with Crippen molar-refractivity contribution in [3.63, 3.8) is 0 Å². The minimum atomic E-state index is -1.12. The zero-order chi connectivity index (χ0) is 12.4. The Hall–Kier alpha value is -1.88. The molecule has 2 rings (SSSR count). The molecule has 0 saturated carbocycles. The van der Waals surface area contributed by atoms with Crippen LogP contribution in [0.4, 0.5) is 5.69 Å². The van der Waals surface area contributed by atoms with E-state index in [0.717, 1.165) is 15.6 Å². The predicted molar refractivity (Wildman–Crippen MR) is 68.7 cm³/mol. The van der Waals surface area contributed by atoms with Crippen LogP contribution >= 0.6 is 15.9 Å². The average molecular weight is 293 g/mol. The first-order valence-corrected chi connectivity index (χ1v) is 5.62. The first-order chi connectivity index (χ1) is 8.08. The minimum Gasteiger partial charge on any atom is -0.476 e. The van der Waals surface area contributed by atoms with Crippen LogP contribution in [-0.2, 0) is 0 Å². The Balaban J connectivity index is 2.44. The summed E-state index contributed by atoms with van der Waals surface area (Å²) in [5.74, 6) is -1.12. The molecule has 5 heteroatoms. The van der Waals surface area contributed by atoms with Crippen LogP contribution in [0.3, 0.4) is 0 Å². The summed E-state index contributed by atoms with van der Waals surface area (Å²) >= 11 is 3.35. The standard InChI is InChI=1S/C12H9BrN2O2/c13-9-3-1-7(2-4-9)8-5-10(14)11(12(16)17)15-6-8/h1-6H,14H2,(H,16,17). The van der Waals surface area contributed by atoms with Gasteiger partial charge in [0, 0.05) is 16.2 Å². The van der Waals surface area contributed by atoms with E-state index in [2.05, 4.69) is 20.9 Å². The number of pyridine rings is 1. The van der Waals surface area contributed by atoms with Gasteiger partial charge in [-0.05, 0) is 23.8 Å². The van der Waals surface area contributed by atoms with Crippen LogP contribution in [0.25, 0.3) is 11.1 Å². The molecule has 0 bridgehead atoms. The summed E-state index contributed by atoms with van der Waals surface area (Å²) in [6.07, 6.45) is 1.50. The highest BCUT2D eigenvalue weighted by Gasteiger charge is 2.10. The topological polar surface area (TPSA) is 76.2 Å². The fourth-order valence-corrected chi connectivity index (χ4v) is 1.73. The van der Waals surface area contributed by atoms with Crippen molar-refractivity contribution in [2.24, 2.45) is 0 Å². The summed E-state index contributed by atoms with van der Waals surface area (Å²) in [6.45, 7) is 0. The van der Waals surface area contributed by atoms with Crippen LogP contribution in [0.1, 0.15) is 10.5 Å². The highest BCUT2D eigenvalue weighted by molar-refractivity contribution is 9.10. The van der Waals surface area contributed by atoms with E-state index >= 15 is 0 Å². The third-order valence-corrected chi connectivity index (χ3v) is 2.83. The molecule has 0 radical (unpaired) electrons. The number of aromatic carboxylic acids is 1. The average Bonchev–Trinajstić information content (AvgIpc) is 2.29. The quantitative estimate of drug-likeness (QED) is 0.892. The number of aromatic nitrogens is 1. The third-order valence-electron chi connectivity index (χ3n) is 2.30. The Morgan fingerprint density at radius 2 is 1.88 bits per heavy atom. The molecule has 0 fully saturated rings. The van der Waals surface area contributed by atoms with Gasteiger partial charge in [-0.3, -0.25) is 0 Å². The van der Waals surface area contributed by atoms with Gasteiger partial charge < -0.3 is 10.8 Å². The van der Waals surface area contributed by atoms with Crippen molar-refractivity contribution >= 4 is 27.6 Å². The van der Waals surface area contributed by atoms with Gasteiger partial charge in [0.25, 0.3) is 0 Å². The second-order valence-electron chi connectivity index (χ2n) is 3.47. The molecule has 0 aliphatic rings. The second kappa shape index (κ2) is 4.55. The van der Waals surface area contributed by atoms with E-state index in [0.29, 0.717) is 0 Å². The molecule has 0 spiro atoms. The Labute approximate surface area is 106 Å². The largest absolute Gasteiger partial charge is 0.476 e. The number of nitrogens with two attached hydrogens (primary N) is 1. The molecule has 0 aliphatic heterocycles. The Bertz CT molecular complexity index is 567. The normalized spacial score (nSPS) is 10.2. The number of rotatable bonds is 2. The van der Waals surface area contributed by atoms with Crippen LogP contribution in [-0.4, -0.2) is 16.1 Å². The second-order valence-corrected chi connectivity index (χ2v) is 4.39. The highest BCUT2D eigenvalue weighted by Crippen LogP contribution is 2.23. The van der Waals surface area contributed by atoms with Crippen molar-refractivity contribution in [2.75, 3.05) is 5.73 Å². The molecule has 1 heterocycles. The first-order valence-electron chi connectivity index (χ1n) is 4.82. The van der Waals surface area contributed by atoms with Crippen LogP contribution in [0, 0.1) is 0 Å². The van der Waals surface area contributed by atoms with E-state index in [1.54, 1.807) is 6.07 Å². The maximum absolute atomic E-state index is 10.8. The van der Waals surface area contributed by atoms with E-state index in [9.17, 15) is 4.79 Å². The number of carbonyl (C=O) groups is 1. The summed E-state index contributed by atoms with van der Waals surface area (Å²) in [5, 5.41) is 8.81. The molecule has 1 aromatic carbocycles. The molecule has 0 aliphatic carbocycles. The van der Waals surface area contributed by atoms with Crippen molar-refractivity contribution in [3.8, 4) is 11.1 Å². The molecule has 0 atom stereocenters. The monoisotopic (exact) mass is 292 g/mol. The van der Waals surface area contributed by atoms with Gasteiger partial charge in [-0.25, -0.2) is 9.78 Å². The van der Waals surface area contributed by atoms with Crippen molar-refractivity contribution in [2.45, 2.75) is 0 Å². The third kappa shape index (κ3) is 2.45. The summed E-state index contributed by atoms with van der Waals surface area (Å²) in [7, 11) is 0. The summed E-state index contributed by atoms with van der Waals surface area (Å²) < 4.78 is 0.976. The Kier molecular flexibility index (Phi) is 3.10. The van der Waals surface area contributed by atoms with Gasteiger partial charge in [-0.2, -0.15) is 0 Å². The van der Waals surface area contributed by atoms with Gasteiger partial charge >= 0.3 is 5.97 Å². The predicted octanol–water partition coefficient (Wildman–Crippen LogP) is 2.79. The number of nitrogen functional groups attached to an aromatic ring is 1. The van der Waals surface area contributed by atoms with Crippen LogP contribution in [0.15, 0.2) is 41.0 Å². The molecule has 0 saturated heterocycles. The van der Waals surface area contributed by atoms with Crippen molar-refractivity contribution in [1.29, 1.82) is 0 Å². The van der Waals surface area contributed by atoms with Crippen molar-refractivity contribution in [1.82, 2.24) is 4.98 Å². The highest BCUT2D eigenvalue weighted by atomic mass is 79.9. The van der Waals surface area contributed by atoms with Crippen LogP contribution < -0.4 is 5.73 Å². The van der Waals surface area contributed by atoms with E-state index in [4.69, 9.17) is 10.8 Å². The molecule has 3 N–H and O–H groups in total. The molecule has 17 heavy (non-hydrogen) atoms. The molecule has 2 aromatic rings. The molecule has 86 valence electrons.